The second kappa shape index (κ2) is 6.93. The van der Waals surface area contributed by atoms with Crippen molar-refractivity contribution in [2.75, 3.05) is 19.8 Å². The van der Waals surface area contributed by atoms with Gasteiger partial charge >= 0.3 is 0 Å². The smallest absolute Gasteiger partial charge is 0.225 e. The van der Waals surface area contributed by atoms with E-state index >= 15 is 0 Å². The first-order valence-corrected chi connectivity index (χ1v) is 9.09. The van der Waals surface area contributed by atoms with Gasteiger partial charge in [-0.05, 0) is 50.2 Å². The number of ether oxygens (including phenoxy) is 1. The van der Waals surface area contributed by atoms with Crippen molar-refractivity contribution in [3.8, 4) is 0 Å². The van der Waals surface area contributed by atoms with Crippen LogP contribution >= 0.6 is 0 Å². The standard InChI is InChI=1S/C19H25N3O2/c23-19(15-9-10-24-12-15)20-11-13-5-7-14(8-6-13)18-21-16-3-1-2-4-17(16)22-18/h1-4,13-15H,5-12H2,(H,20,23)(H,21,22). The predicted octanol–water partition coefficient (Wildman–Crippen LogP) is 2.99. The van der Waals surface area contributed by atoms with Crippen molar-refractivity contribution in [2.24, 2.45) is 11.8 Å². The number of carbonyl (C=O) groups excluding carboxylic acids is 1. The van der Waals surface area contributed by atoms with Crippen LogP contribution in [0.4, 0.5) is 0 Å². The molecule has 0 radical (unpaired) electrons. The number of aromatic amines is 1. The molecule has 1 aromatic carbocycles. The van der Waals surface area contributed by atoms with Gasteiger partial charge in [0.05, 0.1) is 23.6 Å². The number of aromatic nitrogens is 2. The fourth-order valence-electron chi connectivity index (χ4n) is 3.94. The van der Waals surface area contributed by atoms with Gasteiger partial charge in [-0.3, -0.25) is 4.79 Å². The van der Waals surface area contributed by atoms with Gasteiger partial charge in [0, 0.05) is 19.1 Å². The van der Waals surface area contributed by atoms with Crippen molar-refractivity contribution in [3.05, 3.63) is 30.1 Å². The minimum atomic E-state index is 0.0666. The molecule has 0 spiro atoms. The largest absolute Gasteiger partial charge is 0.381 e. The van der Waals surface area contributed by atoms with Gasteiger partial charge in [0.1, 0.15) is 5.82 Å². The highest BCUT2D eigenvalue weighted by molar-refractivity contribution is 5.79. The number of para-hydroxylation sites is 2. The Bertz CT molecular complexity index is 664. The maximum Gasteiger partial charge on any atom is 0.225 e. The number of benzene rings is 1. The summed E-state index contributed by atoms with van der Waals surface area (Å²) >= 11 is 0. The van der Waals surface area contributed by atoms with Gasteiger partial charge in [-0.15, -0.1) is 0 Å². The maximum atomic E-state index is 12.1. The fourth-order valence-corrected chi connectivity index (χ4v) is 3.94. The van der Waals surface area contributed by atoms with Gasteiger partial charge in [0.2, 0.25) is 5.91 Å². The van der Waals surface area contributed by atoms with E-state index in [1.165, 1.54) is 0 Å². The van der Waals surface area contributed by atoms with E-state index < -0.39 is 0 Å². The molecule has 1 aliphatic carbocycles. The Morgan fingerprint density at radius 2 is 2.04 bits per heavy atom. The van der Waals surface area contributed by atoms with Gasteiger partial charge in [0.25, 0.3) is 0 Å². The van der Waals surface area contributed by atoms with E-state index in [1.807, 2.05) is 12.1 Å². The first-order valence-electron chi connectivity index (χ1n) is 9.09. The van der Waals surface area contributed by atoms with Gasteiger partial charge in [-0.25, -0.2) is 4.98 Å². The van der Waals surface area contributed by atoms with Crippen molar-refractivity contribution in [3.63, 3.8) is 0 Å². The predicted molar refractivity (Wildman–Crippen MR) is 92.7 cm³/mol. The Balaban J connectivity index is 1.27. The number of amides is 1. The highest BCUT2D eigenvalue weighted by atomic mass is 16.5. The highest BCUT2D eigenvalue weighted by Gasteiger charge is 2.27. The summed E-state index contributed by atoms with van der Waals surface area (Å²) in [7, 11) is 0. The van der Waals surface area contributed by atoms with E-state index in [4.69, 9.17) is 9.72 Å². The summed E-state index contributed by atoms with van der Waals surface area (Å²) in [5.41, 5.74) is 2.18. The van der Waals surface area contributed by atoms with Crippen LogP contribution in [0.5, 0.6) is 0 Å². The lowest BCUT2D eigenvalue weighted by molar-refractivity contribution is -0.125. The highest BCUT2D eigenvalue weighted by Crippen LogP contribution is 2.35. The Kier molecular flexibility index (Phi) is 4.52. The number of hydrogen-bond donors (Lipinski definition) is 2. The number of hydrogen-bond acceptors (Lipinski definition) is 3. The third-order valence-corrected chi connectivity index (χ3v) is 5.51. The van der Waals surface area contributed by atoms with Crippen molar-refractivity contribution in [2.45, 2.75) is 38.0 Å². The van der Waals surface area contributed by atoms with Crippen LogP contribution in [-0.4, -0.2) is 35.6 Å². The topological polar surface area (TPSA) is 67.0 Å². The quantitative estimate of drug-likeness (QED) is 0.907. The van der Waals surface area contributed by atoms with Crippen molar-refractivity contribution >= 4 is 16.9 Å². The Morgan fingerprint density at radius 1 is 1.21 bits per heavy atom. The minimum absolute atomic E-state index is 0.0666. The van der Waals surface area contributed by atoms with E-state index in [0.29, 0.717) is 18.4 Å². The van der Waals surface area contributed by atoms with Crippen LogP contribution in [0.1, 0.15) is 43.8 Å². The second-order valence-electron chi connectivity index (χ2n) is 7.16. The first-order chi connectivity index (χ1) is 11.8. The number of rotatable bonds is 4. The molecule has 2 N–H and O–H groups in total. The van der Waals surface area contributed by atoms with Crippen LogP contribution in [0.25, 0.3) is 11.0 Å². The fraction of sp³-hybridized carbons (Fsp3) is 0.579. The molecule has 24 heavy (non-hydrogen) atoms. The summed E-state index contributed by atoms with van der Waals surface area (Å²) in [6, 6.07) is 8.21. The molecule has 1 unspecified atom stereocenters. The molecule has 2 fully saturated rings. The Morgan fingerprint density at radius 3 is 2.79 bits per heavy atom. The molecule has 1 saturated carbocycles. The Labute approximate surface area is 142 Å². The van der Waals surface area contributed by atoms with Crippen LogP contribution < -0.4 is 5.32 Å². The van der Waals surface area contributed by atoms with E-state index in [2.05, 4.69) is 22.4 Å². The first kappa shape index (κ1) is 15.6. The monoisotopic (exact) mass is 327 g/mol. The van der Waals surface area contributed by atoms with Crippen molar-refractivity contribution < 1.29 is 9.53 Å². The van der Waals surface area contributed by atoms with Gasteiger partial charge in [-0.1, -0.05) is 12.1 Å². The summed E-state index contributed by atoms with van der Waals surface area (Å²) in [5, 5.41) is 3.13. The molecule has 5 heteroatoms. The van der Waals surface area contributed by atoms with Crippen LogP contribution in [0.3, 0.4) is 0 Å². The summed E-state index contributed by atoms with van der Waals surface area (Å²) in [5.74, 6) is 2.48. The number of nitrogens with one attached hydrogen (secondary N) is 2. The zero-order chi connectivity index (χ0) is 16.4. The van der Waals surface area contributed by atoms with Gasteiger partial charge < -0.3 is 15.0 Å². The lowest BCUT2D eigenvalue weighted by atomic mass is 9.81. The lowest BCUT2D eigenvalue weighted by Crippen LogP contribution is -2.35. The third kappa shape index (κ3) is 3.31. The molecule has 0 bridgehead atoms. The van der Waals surface area contributed by atoms with Crippen LogP contribution in [-0.2, 0) is 9.53 Å². The SMILES string of the molecule is O=C(NCC1CCC(c2nc3ccccc3[nH]2)CC1)C1CCOC1. The van der Waals surface area contributed by atoms with Crippen molar-refractivity contribution in [1.82, 2.24) is 15.3 Å². The number of H-pyrrole nitrogens is 1. The van der Waals surface area contributed by atoms with Crippen LogP contribution in [0.15, 0.2) is 24.3 Å². The average Bonchev–Trinajstić information content (AvgIpc) is 3.29. The zero-order valence-corrected chi connectivity index (χ0v) is 14.0. The van der Waals surface area contributed by atoms with Gasteiger partial charge in [0.15, 0.2) is 0 Å². The zero-order valence-electron chi connectivity index (χ0n) is 14.0. The van der Waals surface area contributed by atoms with E-state index in [-0.39, 0.29) is 11.8 Å². The summed E-state index contributed by atoms with van der Waals surface area (Å²) < 4.78 is 5.29. The van der Waals surface area contributed by atoms with Crippen LogP contribution in [0, 0.1) is 11.8 Å². The number of fused-ring (bicyclic) bond motifs is 1. The molecule has 2 aromatic rings. The average molecular weight is 327 g/mol. The molecule has 1 saturated heterocycles. The lowest BCUT2D eigenvalue weighted by Gasteiger charge is -2.27. The second-order valence-corrected chi connectivity index (χ2v) is 7.16. The molecule has 5 nitrogen and oxygen atoms in total. The summed E-state index contributed by atoms with van der Waals surface area (Å²) in [6.45, 7) is 2.12. The molecule has 128 valence electrons. The summed E-state index contributed by atoms with van der Waals surface area (Å²) in [6.07, 6.45) is 5.47. The molecule has 2 heterocycles. The molecule has 1 atom stereocenters. The molecular weight excluding hydrogens is 302 g/mol. The van der Waals surface area contributed by atoms with Crippen LogP contribution in [0.2, 0.25) is 0 Å². The normalized spacial score (nSPS) is 27.4. The third-order valence-electron chi connectivity index (χ3n) is 5.51. The van der Waals surface area contributed by atoms with E-state index in [0.717, 1.165) is 62.1 Å². The Hall–Kier alpha value is -1.88. The van der Waals surface area contributed by atoms with E-state index in [1.54, 1.807) is 0 Å². The molecular formula is C19H25N3O2. The molecule has 2 aliphatic rings. The molecule has 1 aliphatic heterocycles. The number of nitrogens with zero attached hydrogens (tertiary/aromatic N) is 1. The molecule has 1 amide bonds. The van der Waals surface area contributed by atoms with E-state index in [9.17, 15) is 4.79 Å². The molecule has 1 aromatic heterocycles. The minimum Gasteiger partial charge on any atom is -0.381 e. The number of carbonyl (C=O) groups is 1. The summed E-state index contributed by atoms with van der Waals surface area (Å²) in [4.78, 5) is 20.3. The molecule has 4 rings (SSSR count). The van der Waals surface area contributed by atoms with Crippen molar-refractivity contribution in [1.29, 1.82) is 0 Å². The van der Waals surface area contributed by atoms with Gasteiger partial charge in [-0.2, -0.15) is 0 Å². The number of imidazole rings is 1. The maximum absolute atomic E-state index is 12.1.